The molecular weight excluding hydrogens is 240 g/mol. The van der Waals surface area contributed by atoms with Crippen molar-refractivity contribution in [3.05, 3.63) is 30.3 Å². The molecule has 0 amide bonds. The maximum atomic E-state index is 5.72. The molecular formula is C15H24N2O2. The Morgan fingerprint density at radius 1 is 1.37 bits per heavy atom. The van der Waals surface area contributed by atoms with Gasteiger partial charge < -0.3 is 14.8 Å². The molecule has 0 aliphatic carbocycles. The van der Waals surface area contributed by atoms with E-state index in [9.17, 15) is 0 Å². The third-order valence-corrected chi connectivity index (χ3v) is 3.39. The molecule has 1 aromatic carbocycles. The molecule has 4 heteroatoms. The van der Waals surface area contributed by atoms with Gasteiger partial charge in [0.1, 0.15) is 5.75 Å². The van der Waals surface area contributed by atoms with Gasteiger partial charge in [0.25, 0.3) is 0 Å². The maximum Gasteiger partial charge on any atom is 0.119 e. The van der Waals surface area contributed by atoms with Gasteiger partial charge in [-0.1, -0.05) is 18.2 Å². The van der Waals surface area contributed by atoms with Crippen LogP contribution in [-0.2, 0) is 4.74 Å². The standard InChI is InChI=1S/C15H24N2O2/c1-16-12-14-13-18-11-9-17(14)8-5-10-19-15-6-3-2-4-7-15/h2-4,6-7,14,16H,5,8-13H2,1H3. The third-order valence-electron chi connectivity index (χ3n) is 3.39. The third kappa shape index (κ3) is 4.82. The molecule has 0 spiro atoms. The lowest BCUT2D eigenvalue weighted by molar-refractivity contribution is -0.00785. The maximum absolute atomic E-state index is 5.72. The molecule has 19 heavy (non-hydrogen) atoms. The highest BCUT2D eigenvalue weighted by atomic mass is 16.5. The molecule has 1 N–H and O–H groups in total. The molecule has 1 fully saturated rings. The second kappa shape index (κ2) is 8.15. The number of likely N-dealkylation sites (N-methyl/N-ethyl adjacent to an activating group) is 1. The first-order valence-corrected chi connectivity index (χ1v) is 7.04. The Morgan fingerprint density at radius 2 is 2.21 bits per heavy atom. The van der Waals surface area contributed by atoms with Crippen LogP contribution in [0.5, 0.6) is 5.75 Å². The highest BCUT2D eigenvalue weighted by Crippen LogP contribution is 2.10. The summed E-state index contributed by atoms with van der Waals surface area (Å²) in [5.41, 5.74) is 0. The molecule has 1 saturated heterocycles. The van der Waals surface area contributed by atoms with Gasteiger partial charge in [-0.2, -0.15) is 0 Å². The first-order chi connectivity index (χ1) is 9.40. The molecule has 1 unspecified atom stereocenters. The van der Waals surface area contributed by atoms with Crippen LogP contribution in [0.2, 0.25) is 0 Å². The molecule has 1 heterocycles. The van der Waals surface area contributed by atoms with Crippen LogP contribution < -0.4 is 10.1 Å². The Labute approximate surface area is 115 Å². The number of hydrogen-bond acceptors (Lipinski definition) is 4. The van der Waals surface area contributed by atoms with Gasteiger partial charge in [-0.05, 0) is 25.6 Å². The zero-order valence-corrected chi connectivity index (χ0v) is 11.7. The number of benzene rings is 1. The van der Waals surface area contributed by atoms with Gasteiger partial charge in [-0.25, -0.2) is 0 Å². The van der Waals surface area contributed by atoms with Gasteiger partial charge in [0.2, 0.25) is 0 Å². The molecule has 0 aromatic heterocycles. The van der Waals surface area contributed by atoms with Crippen LogP contribution in [0.4, 0.5) is 0 Å². The zero-order chi connectivity index (χ0) is 13.3. The van der Waals surface area contributed by atoms with Gasteiger partial charge in [0.15, 0.2) is 0 Å². The molecule has 0 bridgehead atoms. The lowest BCUT2D eigenvalue weighted by atomic mass is 10.2. The summed E-state index contributed by atoms with van der Waals surface area (Å²) in [6, 6.07) is 10.5. The Kier molecular flexibility index (Phi) is 6.14. The number of nitrogens with zero attached hydrogens (tertiary/aromatic N) is 1. The van der Waals surface area contributed by atoms with Crippen LogP contribution in [0, 0.1) is 0 Å². The van der Waals surface area contributed by atoms with E-state index in [1.165, 1.54) is 0 Å². The molecule has 1 atom stereocenters. The van der Waals surface area contributed by atoms with E-state index in [0.717, 1.165) is 51.6 Å². The predicted molar refractivity (Wildman–Crippen MR) is 76.7 cm³/mol. The number of hydrogen-bond donors (Lipinski definition) is 1. The summed E-state index contributed by atoms with van der Waals surface area (Å²) in [5, 5.41) is 3.23. The summed E-state index contributed by atoms with van der Waals surface area (Å²) in [6.45, 7) is 5.54. The minimum absolute atomic E-state index is 0.496. The van der Waals surface area contributed by atoms with Gasteiger partial charge in [-0.3, -0.25) is 4.90 Å². The number of ether oxygens (including phenoxy) is 2. The molecule has 0 radical (unpaired) electrons. The minimum atomic E-state index is 0.496. The zero-order valence-electron chi connectivity index (χ0n) is 11.7. The van der Waals surface area contributed by atoms with Crippen molar-refractivity contribution >= 4 is 0 Å². The van der Waals surface area contributed by atoms with E-state index in [1.807, 2.05) is 37.4 Å². The van der Waals surface area contributed by atoms with Gasteiger partial charge in [0.05, 0.1) is 19.8 Å². The summed E-state index contributed by atoms with van der Waals surface area (Å²) >= 11 is 0. The molecule has 0 saturated carbocycles. The molecule has 1 aromatic rings. The molecule has 106 valence electrons. The van der Waals surface area contributed by atoms with Crippen molar-refractivity contribution < 1.29 is 9.47 Å². The molecule has 1 aliphatic heterocycles. The fraction of sp³-hybridized carbons (Fsp3) is 0.600. The van der Waals surface area contributed by atoms with Gasteiger partial charge in [-0.15, -0.1) is 0 Å². The van der Waals surface area contributed by atoms with Crippen LogP contribution in [0.25, 0.3) is 0 Å². The molecule has 2 rings (SSSR count). The highest BCUT2D eigenvalue weighted by Gasteiger charge is 2.21. The Balaban J connectivity index is 1.66. The van der Waals surface area contributed by atoms with Crippen molar-refractivity contribution in [3.63, 3.8) is 0 Å². The number of morpholine rings is 1. The summed E-state index contributed by atoms with van der Waals surface area (Å²) in [7, 11) is 1.99. The normalized spacial score (nSPS) is 20.4. The molecule has 4 nitrogen and oxygen atoms in total. The summed E-state index contributed by atoms with van der Waals surface area (Å²) < 4.78 is 11.2. The van der Waals surface area contributed by atoms with Crippen molar-refractivity contribution in [1.29, 1.82) is 0 Å². The first kappa shape index (κ1) is 14.3. The van der Waals surface area contributed by atoms with E-state index in [2.05, 4.69) is 10.2 Å². The van der Waals surface area contributed by atoms with Crippen molar-refractivity contribution in [3.8, 4) is 5.75 Å². The van der Waals surface area contributed by atoms with E-state index in [0.29, 0.717) is 6.04 Å². The van der Waals surface area contributed by atoms with E-state index in [4.69, 9.17) is 9.47 Å². The Bertz CT molecular complexity index is 343. The topological polar surface area (TPSA) is 33.7 Å². The fourth-order valence-electron chi connectivity index (χ4n) is 2.38. The van der Waals surface area contributed by atoms with Gasteiger partial charge >= 0.3 is 0 Å². The monoisotopic (exact) mass is 264 g/mol. The Hall–Kier alpha value is -1.10. The number of para-hydroxylation sites is 1. The summed E-state index contributed by atoms with van der Waals surface area (Å²) in [4.78, 5) is 2.49. The van der Waals surface area contributed by atoms with Crippen LogP contribution in [0.3, 0.4) is 0 Å². The van der Waals surface area contributed by atoms with E-state index >= 15 is 0 Å². The van der Waals surface area contributed by atoms with E-state index in [-0.39, 0.29) is 0 Å². The van der Waals surface area contributed by atoms with Crippen molar-refractivity contribution in [2.75, 3.05) is 46.5 Å². The minimum Gasteiger partial charge on any atom is -0.494 e. The Morgan fingerprint density at radius 3 is 3.00 bits per heavy atom. The number of nitrogens with one attached hydrogen (secondary N) is 1. The lowest BCUT2D eigenvalue weighted by Crippen LogP contribution is -2.50. The van der Waals surface area contributed by atoms with Crippen molar-refractivity contribution in [2.24, 2.45) is 0 Å². The fourth-order valence-corrected chi connectivity index (χ4v) is 2.38. The second-order valence-electron chi connectivity index (χ2n) is 4.84. The van der Waals surface area contributed by atoms with Crippen LogP contribution in [0.1, 0.15) is 6.42 Å². The van der Waals surface area contributed by atoms with Crippen molar-refractivity contribution in [1.82, 2.24) is 10.2 Å². The quantitative estimate of drug-likeness (QED) is 0.754. The molecule has 1 aliphatic rings. The van der Waals surface area contributed by atoms with E-state index in [1.54, 1.807) is 0 Å². The predicted octanol–water partition coefficient (Wildman–Crippen LogP) is 1.38. The number of rotatable bonds is 7. The summed E-state index contributed by atoms with van der Waals surface area (Å²) in [5.74, 6) is 0.955. The van der Waals surface area contributed by atoms with Crippen LogP contribution in [-0.4, -0.2) is 57.4 Å². The summed E-state index contributed by atoms with van der Waals surface area (Å²) in [6.07, 6.45) is 1.05. The van der Waals surface area contributed by atoms with Gasteiger partial charge in [0, 0.05) is 25.7 Å². The SMILES string of the molecule is CNCC1COCCN1CCCOc1ccccc1. The lowest BCUT2D eigenvalue weighted by Gasteiger charge is -2.35. The highest BCUT2D eigenvalue weighted by molar-refractivity contribution is 5.20. The van der Waals surface area contributed by atoms with Crippen LogP contribution >= 0.6 is 0 Å². The van der Waals surface area contributed by atoms with Crippen molar-refractivity contribution in [2.45, 2.75) is 12.5 Å². The average molecular weight is 264 g/mol. The largest absolute Gasteiger partial charge is 0.494 e. The second-order valence-corrected chi connectivity index (χ2v) is 4.84. The first-order valence-electron chi connectivity index (χ1n) is 7.04. The average Bonchev–Trinajstić information content (AvgIpc) is 2.47. The van der Waals surface area contributed by atoms with E-state index < -0.39 is 0 Å². The smallest absolute Gasteiger partial charge is 0.119 e. The van der Waals surface area contributed by atoms with Crippen LogP contribution in [0.15, 0.2) is 30.3 Å².